The Morgan fingerprint density at radius 1 is 1.20 bits per heavy atom. The van der Waals surface area contributed by atoms with Crippen LogP contribution in [0.2, 0.25) is 0 Å². The molecule has 2 fully saturated rings. The fraction of sp³-hybridized carbons (Fsp3) is 0.647. The maximum Gasteiger partial charge on any atom is 0.124 e. The molecule has 0 bridgehead atoms. The first-order valence-corrected chi connectivity index (χ1v) is 7.78. The summed E-state index contributed by atoms with van der Waals surface area (Å²) < 4.78 is 5.63. The van der Waals surface area contributed by atoms with Gasteiger partial charge in [-0.25, -0.2) is 0 Å². The summed E-state index contributed by atoms with van der Waals surface area (Å²) in [6.45, 7) is 4.28. The fourth-order valence-electron chi connectivity index (χ4n) is 4.44. The third-order valence-corrected chi connectivity index (χ3v) is 5.31. The summed E-state index contributed by atoms with van der Waals surface area (Å²) in [7, 11) is 1.76. The molecule has 2 saturated carbocycles. The molecule has 0 spiro atoms. The van der Waals surface area contributed by atoms with Crippen LogP contribution >= 0.6 is 0 Å². The Morgan fingerprint density at radius 3 is 2.40 bits per heavy atom. The van der Waals surface area contributed by atoms with Crippen LogP contribution < -0.4 is 16.0 Å². The number of methoxy groups -OCH3 is 1. The molecule has 20 heavy (non-hydrogen) atoms. The second-order valence-corrected chi connectivity index (χ2v) is 6.53. The van der Waals surface area contributed by atoms with Crippen molar-refractivity contribution in [2.45, 2.75) is 45.6 Å². The zero-order chi connectivity index (χ0) is 14.3. The zero-order valence-corrected chi connectivity index (χ0v) is 12.8. The number of nitrogens with one attached hydrogen (secondary N) is 1. The van der Waals surface area contributed by atoms with Crippen LogP contribution in [0.5, 0.6) is 5.75 Å². The third-order valence-electron chi connectivity index (χ3n) is 5.31. The normalized spacial score (nSPS) is 29.7. The standard InChI is InChI=1S/C17H26N2O/c1-10-8-11(2)15(14(9-10)20-3)17(19-18)16-12-6-4-5-7-13(12)16/h8-9,12-13,16-17,19H,4-7,18H2,1-3H3. The summed E-state index contributed by atoms with van der Waals surface area (Å²) in [5, 5.41) is 0. The Hall–Kier alpha value is -1.06. The predicted molar refractivity (Wildman–Crippen MR) is 81.5 cm³/mol. The van der Waals surface area contributed by atoms with E-state index in [9.17, 15) is 0 Å². The van der Waals surface area contributed by atoms with Crippen molar-refractivity contribution in [3.05, 3.63) is 28.8 Å². The average Bonchev–Trinajstić information content (AvgIpc) is 3.16. The van der Waals surface area contributed by atoms with Gasteiger partial charge < -0.3 is 4.74 Å². The second-order valence-electron chi connectivity index (χ2n) is 6.53. The molecule has 0 radical (unpaired) electrons. The molecule has 3 heteroatoms. The number of hydrazine groups is 1. The summed E-state index contributed by atoms with van der Waals surface area (Å²) in [6.07, 6.45) is 5.53. The zero-order valence-electron chi connectivity index (χ0n) is 12.8. The highest BCUT2D eigenvalue weighted by Crippen LogP contribution is 2.61. The highest BCUT2D eigenvalue weighted by Gasteiger charge is 2.54. The van der Waals surface area contributed by atoms with E-state index in [0.717, 1.165) is 17.6 Å². The minimum Gasteiger partial charge on any atom is -0.496 e. The van der Waals surface area contributed by atoms with Crippen molar-refractivity contribution in [1.29, 1.82) is 0 Å². The molecule has 3 nitrogen and oxygen atoms in total. The minimum absolute atomic E-state index is 0.235. The van der Waals surface area contributed by atoms with Gasteiger partial charge in [-0.1, -0.05) is 18.9 Å². The predicted octanol–water partition coefficient (Wildman–Crippen LogP) is 3.25. The quantitative estimate of drug-likeness (QED) is 0.654. The van der Waals surface area contributed by atoms with Crippen LogP contribution in [0.25, 0.3) is 0 Å². The van der Waals surface area contributed by atoms with E-state index in [1.807, 2.05) is 0 Å². The van der Waals surface area contributed by atoms with Gasteiger partial charge in [-0.15, -0.1) is 0 Å². The molecule has 3 atom stereocenters. The fourth-order valence-corrected chi connectivity index (χ4v) is 4.44. The monoisotopic (exact) mass is 274 g/mol. The van der Waals surface area contributed by atoms with Crippen molar-refractivity contribution < 1.29 is 4.74 Å². The summed E-state index contributed by atoms with van der Waals surface area (Å²) in [5.74, 6) is 9.34. The highest BCUT2D eigenvalue weighted by molar-refractivity contribution is 5.46. The molecule has 0 heterocycles. The second kappa shape index (κ2) is 5.38. The van der Waals surface area contributed by atoms with Gasteiger partial charge >= 0.3 is 0 Å². The maximum absolute atomic E-state index is 5.92. The van der Waals surface area contributed by atoms with Crippen LogP contribution in [-0.2, 0) is 0 Å². The van der Waals surface area contributed by atoms with Gasteiger partial charge in [-0.3, -0.25) is 11.3 Å². The van der Waals surface area contributed by atoms with E-state index >= 15 is 0 Å². The van der Waals surface area contributed by atoms with Gasteiger partial charge in [0.25, 0.3) is 0 Å². The first kappa shape index (κ1) is 13.9. The van der Waals surface area contributed by atoms with E-state index in [4.69, 9.17) is 10.6 Å². The lowest BCUT2D eigenvalue weighted by Gasteiger charge is -2.22. The summed E-state index contributed by atoms with van der Waals surface area (Å²) in [4.78, 5) is 0. The van der Waals surface area contributed by atoms with E-state index in [2.05, 4.69) is 31.4 Å². The molecule has 2 aliphatic rings. The Bertz CT molecular complexity index is 488. The first-order chi connectivity index (χ1) is 9.67. The molecule has 0 amide bonds. The molecule has 0 saturated heterocycles. The van der Waals surface area contributed by atoms with Crippen molar-refractivity contribution >= 4 is 0 Å². The van der Waals surface area contributed by atoms with Gasteiger partial charge in [0, 0.05) is 5.56 Å². The largest absolute Gasteiger partial charge is 0.496 e. The lowest BCUT2D eigenvalue weighted by Crippen LogP contribution is -2.31. The van der Waals surface area contributed by atoms with Gasteiger partial charge in [-0.2, -0.15) is 0 Å². The number of ether oxygens (including phenoxy) is 1. The van der Waals surface area contributed by atoms with E-state index in [1.54, 1.807) is 7.11 Å². The van der Waals surface area contributed by atoms with E-state index < -0.39 is 0 Å². The van der Waals surface area contributed by atoms with Crippen LogP contribution in [0.1, 0.15) is 48.4 Å². The molecule has 110 valence electrons. The molecular formula is C17H26N2O. The smallest absolute Gasteiger partial charge is 0.124 e. The van der Waals surface area contributed by atoms with Gasteiger partial charge in [0.15, 0.2) is 0 Å². The number of benzene rings is 1. The van der Waals surface area contributed by atoms with Crippen molar-refractivity contribution in [3.8, 4) is 5.75 Å². The van der Waals surface area contributed by atoms with Crippen LogP contribution in [-0.4, -0.2) is 7.11 Å². The summed E-state index contributed by atoms with van der Waals surface area (Å²) in [6, 6.07) is 4.59. The first-order valence-electron chi connectivity index (χ1n) is 7.78. The number of hydrogen-bond acceptors (Lipinski definition) is 3. The summed E-state index contributed by atoms with van der Waals surface area (Å²) >= 11 is 0. The van der Waals surface area contributed by atoms with Crippen LogP contribution in [0, 0.1) is 31.6 Å². The van der Waals surface area contributed by atoms with E-state index in [-0.39, 0.29) is 6.04 Å². The number of nitrogens with two attached hydrogens (primary N) is 1. The molecule has 3 N–H and O–H groups in total. The van der Waals surface area contributed by atoms with E-state index in [1.165, 1.54) is 42.4 Å². The lowest BCUT2D eigenvalue weighted by atomic mass is 9.93. The molecule has 2 aliphatic carbocycles. The van der Waals surface area contributed by atoms with Crippen LogP contribution in [0.4, 0.5) is 0 Å². The third kappa shape index (κ3) is 2.23. The minimum atomic E-state index is 0.235. The van der Waals surface area contributed by atoms with Crippen molar-refractivity contribution in [2.24, 2.45) is 23.6 Å². The average molecular weight is 274 g/mol. The van der Waals surface area contributed by atoms with Gasteiger partial charge in [0.2, 0.25) is 0 Å². The Balaban J connectivity index is 1.94. The SMILES string of the molecule is COc1cc(C)cc(C)c1C(NN)C1C2CCCCC21. The Kier molecular flexibility index (Phi) is 3.74. The molecule has 0 aliphatic heterocycles. The van der Waals surface area contributed by atoms with Crippen LogP contribution in [0.15, 0.2) is 12.1 Å². The number of hydrogen-bond donors (Lipinski definition) is 2. The number of rotatable bonds is 4. The molecule has 3 rings (SSSR count). The molecule has 1 aromatic carbocycles. The number of fused-ring (bicyclic) bond motifs is 1. The Morgan fingerprint density at radius 2 is 1.85 bits per heavy atom. The lowest BCUT2D eigenvalue weighted by molar-refractivity contribution is 0.384. The molecule has 1 aromatic rings. The molecular weight excluding hydrogens is 248 g/mol. The van der Waals surface area contributed by atoms with Crippen molar-refractivity contribution in [2.75, 3.05) is 7.11 Å². The molecule has 0 aromatic heterocycles. The molecule has 3 unspecified atom stereocenters. The van der Waals surface area contributed by atoms with Crippen LogP contribution in [0.3, 0.4) is 0 Å². The summed E-state index contributed by atoms with van der Waals surface area (Å²) in [5.41, 5.74) is 6.88. The Labute approximate surface area is 121 Å². The number of aryl methyl sites for hydroxylation is 2. The van der Waals surface area contributed by atoms with Gasteiger partial charge in [0.05, 0.1) is 13.2 Å². The van der Waals surface area contributed by atoms with Gasteiger partial charge in [-0.05, 0) is 61.6 Å². The topological polar surface area (TPSA) is 47.3 Å². The van der Waals surface area contributed by atoms with E-state index in [0.29, 0.717) is 5.92 Å². The highest BCUT2D eigenvalue weighted by atomic mass is 16.5. The van der Waals surface area contributed by atoms with Crippen molar-refractivity contribution in [1.82, 2.24) is 5.43 Å². The van der Waals surface area contributed by atoms with Crippen molar-refractivity contribution in [3.63, 3.8) is 0 Å². The maximum atomic E-state index is 5.92. The van der Waals surface area contributed by atoms with Gasteiger partial charge in [0.1, 0.15) is 5.75 Å².